The maximum atomic E-state index is 12.5. The number of fused-ring (bicyclic) bond motifs is 1. The number of hydrogen-bond donors (Lipinski definition) is 2. The van der Waals surface area contributed by atoms with Crippen molar-refractivity contribution in [2.75, 3.05) is 12.9 Å². The molecule has 0 saturated heterocycles. The Morgan fingerprint density at radius 3 is 2.71 bits per heavy atom. The van der Waals surface area contributed by atoms with Crippen LogP contribution in [0.1, 0.15) is 28.0 Å². The smallest absolute Gasteiger partial charge is 0.279 e. The molecule has 3 aromatic rings. The molecule has 2 N–H and O–H groups in total. The number of rotatable bonds is 7. The summed E-state index contributed by atoms with van der Waals surface area (Å²) in [6.07, 6.45) is 2.67. The average Bonchev–Trinajstić information content (AvgIpc) is 3.01. The van der Waals surface area contributed by atoms with Gasteiger partial charge in [0.05, 0.1) is 11.6 Å². The monoisotopic (exact) mass is 438 g/mol. The van der Waals surface area contributed by atoms with E-state index in [2.05, 4.69) is 9.71 Å². The lowest BCUT2D eigenvalue weighted by Gasteiger charge is -2.09. The molecule has 28 heavy (non-hydrogen) atoms. The van der Waals surface area contributed by atoms with Crippen molar-refractivity contribution >= 4 is 51.0 Å². The van der Waals surface area contributed by atoms with Crippen molar-refractivity contribution in [3.63, 3.8) is 0 Å². The van der Waals surface area contributed by atoms with E-state index >= 15 is 0 Å². The van der Waals surface area contributed by atoms with Gasteiger partial charge in [0.1, 0.15) is 22.4 Å². The van der Waals surface area contributed by atoms with Gasteiger partial charge in [-0.15, -0.1) is 0 Å². The van der Waals surface area contributed by atoms with Crippen molar-refractivity contribution in [1.82, 2.24) is 9.71 Å². The molecule has 0 spiro atoms. The first-order valence-electron chi connectivity index (χ1n) is 8.69. The van der Waals surface area contributed by atoms with Crippen LogP contribution in [0.25, 0.3) is 10.9 Å². The fourth-order valence-corrected chi connectivity index (χ4v) is 3.81. The summed E-state index contributed by atoms with van der Waals surface area (Å²) in [5.74, 6) is 0.329. The van der Waals surface area contributed by atoms with Crippen LogP contribution in [0.15, 0.2) is 36.4 Å². The van der Waals surface area contributed by atoms with E-state index in [1.807, 2.05) is 31.2 Å². The molecule has 1 amide bonds. The second kappa shape index (κ2) is 8.99. The average molecular weight is 439 g/mol. The minimum atomic E-state index is -1.46. The number of aromatic nitrogens is 1. The van der Waals surface area contributed by atoms with Crippen molar-refractivity contribution in [2.45, 2.75) is 19.8 Å². The standard InChI is InChI=1S/C20H20Cl2N2O3S/c1-12-11-13(8-9-15(12)21)27-10-4-5-14-18-16(22)6-3-7-17(18)23-19(14)20(25)24-28(2)26/h3,6-9,11,23H,4-5,10H2,1-2H3,(H,24,25). The molecule has 1 atom stereocenters. The lowest BCUT2D eigenvalue weighted by molar-refractivity contribution is 0.0978. The summed E-state index contributed by atoms with van der Waals surface area (Å²) in [5, 5.41) is 2.07. The predicted octanol–water partition coefficient (Wildman–Crippen LogP) is 4.82. The molecule has 5 nitrogen and oxygen atoms in total. The normalized spacial score (nSPS) is 12.1. The van der Waals surface area contributed by atoms with Crippen molar-refractivity contribution in [1.29, 1.82) is 0 Å². The van der Waals surface area contributed by atoms with E-state index in [0.29, 0.717) is 35.2 Å². The highest BCUT2D eigenvalue weighted by Crippen LogP contribution is 2.30. The largest absolute Gasteiger partial charge is 0.494 e. The topological polar surface area (TPSA) is 71.2 Å². The van der Waals surface area contributed by atoms with E-state index in [-0.39, 0.29) is 0 Å². The highest BCUT2D eigenvalue weighted by molar-refractivity contribution is 7.82. The van der Waals surface area contributed by atoms with Gasteiger partial charge in [-0.3, -0.25) is 9.52 Å². The van der Waals surface area contributed by atoms with Crippen molar-refractivity contribution < 1.29 is 13.7 Å². The molecule has 0 aliphatic heterocycles. The number of carbonyl (C=O) groups excluding carboxylic acids is 1. The highest BCUT2D eigenvalue weighted by Gasteiger charge is 2.20. The number of carbonyl (C=O) groups is 1. The van der Waals surface area contributed by atoms with Crippen molar-refractivity contribution in [2.24, 2.45) is 0 Å². The number of aryl methyl sites for hydroxylation is 2. The summed E-state index contributed by atoms with van der Waals surface area (Å²) in [4.78, 5) is 15.6. The summed E-state index contributed by atoms with van der Waals surface area (Å²) in [7, 11) is -1.46. The van der Waals surface area contributed by atoms with Crippen LogP contribution in [0, 0.1) is 6.92 Å². The molecule has 148 valence electrons. The fourth-order valence-electron chi connectivity index (χ4n) is 3.04. The molecule has 1 unspecified atom stereocenters. The number of hydrogen-bond acceptors (Lipinski definition) is 3. The molecule has 8 heteroatoms. The number of H-pyrrole nitrogens is 1. The third kappa shape index (κ3) is 4.69. The first-order chi connectivity index (χ1) is 13.4. The molecule has 0 aliphatic carbocycles. The van der Waals surface area contributed by atoms with Gasteiger partial charge >= 0.3 is 0 Å². The van der Waals surface area contributed by atoms with E-state index in [1.54, 1.807) is 12.1 Å². The van der Waals surface area contributed by atoms with E-state index in [1.165, 1.54) is 6.26 Å². The second-order valence-electron chi connectivity index (χ2n) is 6.39. The molecule has 0 aliphatic rings. The van der Waals surface area contributed by atoms with Crippen LogP contribution in [0.4, 0.5) is 0 Å². The molecule has 0 saturated carbocycles. The van der Waals surface area contributed by atoms with Crippen molar-refractivity contribution in [3.05, 3.63) is 63.3 Å². The maximum absolute atomic E-state index is 12.5. The quantitative estimate of drug-likeness (QED) is 0.519. The van der Waals surface area contributed by atoms with Gasteiger partial charge in [-0.05, 0) is 61.2 Å². The van der Waals surface area contributed by atoms with E-state index in [4.69, 9.17) is 27.9 Å². The van der Waals surface area contributed by atoms with Crippen LogP contribution in [0.5, 0.6) is 5.75 Å². The Hall–Kier alpha value is -2.02. The van der Waals surface area contributed by atoms with Crippen LogP contribution in [0.3, 0.4) is 0 Å². The fraction of sp³-hybridized carbons (Fsp3) is 0.250. The SMILES string of the molecule is Cc1cc(OCCCc2c(C(=O)NS(C)=O)[nH]c3cccc(Cl)c23)ccc1Cl. The van der Waals surface area contributed by atoms with Crippen molar-refractivity contribution in [3.8, 4) is 5.75 Å². The van der Waals surface area contributed by atoms with Crippen LogP contribution in [-0.2, 0) is 17.4 Å². The van der Waals surface area contributed by atoms with Gasteiger partial charge in [0.25, 0.3) is 5.91 Å². The molecular formula is C20H20Cl2N2O3S. The van der Waals surface area contributed by atoms with Gasteiger partial charge in [0, 0.05) is 22.2 Å². The molecule has 2 aromatic carbocycles. The predicted molar refractivity (Wildman–Crippen MR) is 115 cm³/mol. The third-order valence-electron chi connectivity index (χ3n) is 4.31. The van der Waals surface area contributed by atoms with Gasteiger partial charge < -0.3 is 9.72 Å². The molecule has 0 fully saturated rings. The summed E-state index contributed by atoms with van der Waals surface area (Å²) >= 11 is 12.4. The lowest BCUT2D eigenvalue weighted by Crippen LogP contribution is -2.26. The first kappa shape index (κ1) is 20.7. The lowest BCUT2D eigenvalue weighted by atomic mass is 10.1. The first-order valence-corrected chi connectivity index (χ1v) is 11.0. The molecule has 0 bridgehead atoms. The Morgan fingerprint density at radius 2 is 2.00 bits per heavy atom. The molecule has 1 aromatic heterocycles. The van der Waals surface area contributed by atoms with E-state index in [0.717, 1.165) is 27.8 Å². The minimum Gasteiger partial charge on any atom is -0.494 e. The Morgan fingerprint density at radius 1 is 1.21 bits per heavy atom. The third-order valence-corrected chi connectivity index (χ3v) is 5.52. The molecular weight excluding hydrogens is 419 g/mol. The van der Waals surface area contributed by atoms with Gasteiger partial charge in [0.2, 0.25) is 0 Å². The molecule has 3 rings (SSSR count). The Bertz CT molecular complexity index is 1050. The Labute approximate surface area is 176 Å². The number of benzene rings is 2. The van der Waals surface area contributed by atoms with Crippen LogP contribution < -0.4 is 9.46 Å². The zero-order chi connectivity index (χ0) is 20.3. The summed E-state index contributed by atoms with van der Waals surface area (Å²) < 4.78 is 19.6. The molecule has 0 radical (unpaired) electrons. The summed E-state index contributed by atoms with van der Waals surface area (Å²) in [6.45, 7) is 2.39. The summed E-state index contributed by atoms with van der Waals surface area (Å²) in [5.41, 5.74) is 2.89. The Balaban J connectivity index is 1.77. The maximum Gasteiger partial charge on any atom is 0.279 e. The van der Waals surface area contributed by atoms with Crippen LogP contribution in [-0.4, -0.2) is 28.0 Å². The number of ether oxygens (including phenoxy) is 1. The highest BCUT2D eigenvalue weighted by atomic mass is 35.5. The number of halogens is 2. The van der Waals surface area contributed by atoms with E-state index < -0.39 is 16.9 Å². The number of amides is 1. The van der Waals surface area contributed by atoms with Gasteiger partial charge in [-0.1, -0.05) is 29.3 Å². The zero-order valence-corrected chi connectivity index (χ0v) is 17.8. The Kier molecular flexibility index (Phi) is 6.65. The van der Waals surface area contributed by atoms with Gasteiger partial charge in [-0.2, -0.15) is 0 Å². The zero-order valence-electron chi connectivity index (χ0n) is 15.5. The van der Waals surface area contributed by atoms with Gasteiger partial charge in [-0.25, -0.2) is 4.21 Å². The van der Waals surface area contributed by atoms with E-state index in [9.17, 15) is 9.00 Å². The second-order valence-corrected chi connectivity index (χ2v) is 8.32. The minimum absolute atomic E-state index is 0.376. The van der Waals surface area contributed by atoms with Gasteiger partial charge in [0.15, 0.2) is 0 Å². The number of aromatic amines is 1. The molecule has 1 heterocycles. The van der Waals surface area contributed by atoms with Crippen LogP contribution >= 0.6 is 23.2 Å². The summed E-state index contributed by atoms with van der Waals surface area (Å²) in [6, 6.07) is 11.0. The van der Waals surface area contributed by atoms with Crippen LogP contribution in [0.2, 0.25) is 10.0 Å². The number of nitrogens with one attached hydrogen (secondary N) is 2.